The Kier molecular flexibility index (Phi) is 6.45. The van der Waals surface area contributed by atoms with Crippen LogP contribution in [0.4, 0.5) is 17.3 Å². The molecule has 0 radical (unpaired) electrons. The predicted octanol–water partition coefficient (Wildman–Crippen LogP) is 3.53. The van der Waals surface area contributed by atoms with Gasteiger partial charge in [0.05, 0.1) is 29.2 Å². The molecule has 1 aromatic carbocycles. The number of likely N-dealkylation sites (N-methyl/N-ethyl adjacent to an activating group) is 1. The Labute approximate surface area is 204 Å². The fraction of sp³-hybridized carbons (Fsp3) is 0.360. The third-order valence-corrected chi connectivity index (χ3v) is 6.66. The molecule has 1 amide bonds. The Hall–Kier alpha value is -3.07. The summed E-state index contributed by atoms with van der Waals surface area (Å²) in [4.78, 5) is 31.0. The number of nitrogens with one attached hydrogen (secondary N) is 2. The minimum absolute atomic E-state index is 0.111. The number of piperazine rings is 1. The summed E-state index contributed by atoms with van der Waals surface area (Å²) in [6.45, 7) is 7.43. The van der Waals surface area contributed by atoms with Gasteiger partial charge in [-0.3, -0.25) is 9.78 Å². The zero-order chi connectivity index (χ0) is 23.7. The van der Waals surface area contributed by atoms with Crippen LogP contribution in [-0.2, 0) is 17.6 Å². The third-order valence-electron chi connectivity index (χ3n) is 6.43. The molecule has 0 spiro atoms. The van der Waals surface area contributed by atoms with Crippen LogP contribution < -0.4 is 10.6 Å². The molecule has 5 rings (SSSR count). The van der Waals surface area contributed by atoms with Crippen LogP contribution in [0.2, 0.25) is 5.02 Å². The first-order valence-electron chi connectivity index (χ1n) is 11.5. The Balaban J connectivity index is 1.36. The number of hydrogen-bond acceptors (Lipinski definition) is 7. The van der Waals surface area contributed by atoms with Crippen molar-refractivity contribution in [1.29, 1.82) is 0 Å². The first-order valence-corrected chi connectivity index (χ1v) is 11.9. The second kappa shape index (κ2) is 9.66. The third kappa shape index (κ3) is 5.04. The molecule has 176 valence electrons. The summed E-state index contributed by atoms with van der Waals surface area (Å²) < 4.78 is 0. The van der Waals surface area contributed by atoms with Crippen molar-refractivity contribution in [3.05, 3.63) is 58.5 Å². The van der Waals surface area contributed by atoms with E-state index in [9.17, 15) is 4.79 Å². The van der Waals surface area contributed by atoms with Gasteiger partial charge in [0.25, 0.3) is 0 Å². The van der Waals surface area contributed by atoms with Crippen LogP contribution >= 0.6 is 11.6 Å². The number of anilines is 3. The Morgan fingerprint density at radius 1 is 1.12 bits per heavy atom. The molecule has 4 heterocycles. The van der Waals surface area contributed by atoms with E-state index in [-0.39, 0.29) is 12.3 Å². The predicted molar refractivity (Wildman–Crippen MR) is 135 cm³/mol. The van der Waals surface area contributed by atoms with Gasteiger partial charge < -0.3 is 20.4 Å². The quantitative estimate of drug-likeness (QED) is 0.581. The summed E-state index contributed by atoms with van der Waals surface area (Å²) in [7, 11) is 2.17. The van der Waals surface area contributed by atoms with E-state index in [1.54, 1.807) is 18.3 Å². The molecule has 0 atom stereocenters. The molecule has 9 heteroatoms. The van der Waals surface area contributed by atoms with Crippen molar-refractivity contribution >= 4 is 34.8 Å². The summed E-state index contributed by atoms with van der Waals surface area (Å²) in [5.74, 6) is 0.356. The van der Waals surface area contributed by atoms with Gasteiger partial charge in [-0.1, -0.05) is 11.6 Å². The van der Waals surface area contributed by atoms with Crippen LogP contribution in [0.5, 0.6) is 0 Å². The Morgan fingerprint density at radius 3 is 2.76 bits per heavy atom. The average Bonchev–Trinajstić information content (AvgIpc) is 2.95. The van der Waals surface area contributed by atoms with Crippen molar-refractivity contribution < 1.29 is 4.79 Å². The van der Waals surface area contributed by atoms with Gasteiger partial charge in [-0.25, -0.2) is 9.97 Å². The van der Waals surface area contributed by atoms with Crippen molar-refractivity contribution in [3.8, 4) is 11.3 Å². The van der Waals surface area contributed by atoms with Gasteiger partial charge in [0.2, 0.25) is 11.9 Å². The molecule has 34 heavy (non-hydrogen) atoms. The van der Waals surface area contributed by atoms with E-state index >= 15 is 0 Å². The number of halogens is 1. The number of amides is 1. The maximum absolute atomic E-state index is 12.3. The monoisotopic (exact) mass is 477 g/mol. The lowest BCUT2D eigenvalue weighted by molar-refractivity contribution is -0.115. The highest BCUT2D eigenvalue weighted by Gasteiger charge is 2.21. The van der Waals surface area contributed by atoms with Gasteiger partial charge in [-0.15, -0.1) is 0 Å². The molecule has 0 bridgehead atoms. The number of aromatic nitrogens is 3. The van der Waals surface area contributed by atoms with Gasteiger partial charge in [-0.05, 0) is 50.2 Å². The highest BCUT2D eigenvalue weighted by molar-refractivity contribution is 6.31. The van der Waals surface area contributed by atoms with Crippen LogP contribution in [0.25, 0.3) is 11.3 Å². The zero-order valence-corrected chi connectivity index (χ0v) is 20.2. The van der Waals surface area contributed by atoms with Crippen molar-refractivity contribution in [2.75, 3.05) is 50.4 Å². The molecule has 1 saturated heterocycles. The second-order valence-corrected chi connectivity index (χ2v) is 9.42. The topological polar surface area (TPSA) is 86.3 Å². The van der Waals surface area contributed by atoms with Gasteiger partial charge in [-0.2, -0.15) is 0 Å². The van der Waals surface area contributed by atoms with Crippen LogP contribution in [0, 0.1) is 6.92 Å². The van der Waals surface area contributed by atoms with Gasteiger partial charge in [0.1, 0.15) is 0 Å². The molecular formula is C25H28ClN7O. The first-order chi connectivity index (χ1) is 16.4. The zero-order valence-electron chi connectivity index (χ0n) is 19.4. The minimum atomic E-state index is -0.111. The van der Waals surface area contributed by atoms with E-state index in [2.05, 4.69) is 43.5 Å². The maximum atomic E-state index is 12.3. The lowest BCUT2D eigenvalue weighted by Gasteiger charge is -2.32. The van der Waals surface area contributed by atoms with Gasteiger partial charge in [0, 0.05) is 61.3 Å². The van der Waals surface area contributed by atoms with Crippen molar-refractivity contribution in [1.82, 2.24) is 24.8 Å². The normalized spacial score (nSPS) is 16.4. The van der Waals surface area contributed by atoms with Crippen molar-refractivity contribution in [2.45, 2.75) is 19.8 Å². The van der Waals surface area contributed by atoms with Crippen molar-refractivity contribution in [2.24, 2.45) is 0 Å². The number of aryl methyl sites for hydroxylation is 1. The van der Waals surface area contributed by atoms with Crippen LogP contribution in [0.15, 0.2) is 36.7 Å². The van der Waals surface area contributed by atoms with E-state index in [4.69, 9.17) is 16.6 Å². The fourth-order valence-corrected chi connectivity index (χ4v) is 4.51. The molecular weight excluding hydrogens is 450 g/mol. The Bertz CT molecular complexity index is 1220. The first kappa shape index (κ1) is 22.7. The molecule has 1 fully saturated rings. The molecule has 0 unspecified atom stereocenters. The molecule has 2 N–H and O–H groups in total. The second-order valence-electron chi connectivity index (χ2n) is 8.98. The highest BCUT2D eigenvalue weighted by Crippen LogP contribution is 2.35. The smallest absolute Gasteiger partial charge is 0.228 e. The fourth-order valence-electron chi connectivity index (χ4n) is 4.34. The van der Waals surface area contributed by atoms with Crippen LogP contribution in [0.1, 0.15) is 16.8 Å². The molecule has 0 saturated carbocycles. The van der Waals surface area contributed by atoms with E-state index in [1.807, 2.05) is 19.2 Å². The average molecular weight is 478 g/mol. The lowest BCUT2D eigenvalue weighted by Crippen LogP contribution is -2.45. The number of fused-ring (bicyclic) bond motifs is 3. The summed E-state index contributed by atoms with van der Waals surface area (Å²) >= 11 is 6.15. The van der Waals surface area contributed by atoms with Crippen molar-refractivity contribution in [3.63, 3.8) is 0 Å². The molecule has 8 nitrogen and oxygen atoms in total. The van der Waals surface area contributed by atoms with E-state index in [0.717, 1.165) is 67.3 Å². The van der Waals surface area contributed by atoms with Gasteiger partial charge in [0.15, 0.2) is 0 Å². The summed E-state index contributed by atoms with van der Waals surface area (Å²) in [6, 6.07) is 7.56. The number of nitrogens with zero attached hydrogens (tertiary/aromatic N) is 5. The summed E-state index contributed by atoms with van der Waals surface area (Å²) in [5.41, 5.74) is 5.92. The molecule has 2 aromatic heterocycles. The molecule has 3 aromatic rings. The van der Waals surface area contributed by atoms with Gasteiger partial charge >= 0.3 is 0 Å². The van der Waals surface area contributed by atoms with E-state index < -0.39 is 0 Å². The number of hydrogen-bond donors (Lipinski definition) is 2. The number of benzene rings is 1. The summed E-state index contributed by atoms with van der Waals surface area (Å²) in [6.07, 6.45) is 4.82. The highest BCUT2D eigenvalue weighted by atomic mass is 35.5. The van der Waals surface area contributed by atoms with E-state index in [1.165, 1.54) is 5.56 Å². The number of carbonyl (C=O) groups excluding carboxylic acids is 1. The minimum Gasteiger partial charge on any atom is -0.325 e. The largest absolute Gasteiger partial charge is 0.325 e. The SMILES string of the molecule is Cc1ncc(CCN2CCN(C)CC2)cc1Nc1ncc2c(n1)-c1ccc(Cl)cc1NC(=O)C2. The Morgan fingerprint density at radius 2 is 1.94 bits per heavy atom. The molecule has 2 aliphatic heterocycles. The summed E-state index contributed by atoms with van der Waals surface area (Å²) in [5, 5.41) is 6.82. The number of carbonyl (C=O) groups is 1. The maximum Gasteiger partial charge on any atom is 0.228 e. The molecule has 2 aliphatic rings. The van der Waals surface area contributed by atoms with E-state index in [0.29, 0.717) is 16.7 Å². The number of pyridine rings is 1. The standard InChI is InChI=1S/C25H28ClN7O/c1-16-21(11-17(14-27-16)5-6-33-9-7-32(2)8-10-33)30-25-28-15-18-12-23(34)29-22-13-19(26)3-4-20(22)24(18)31-25/h3-4,11,13-15H,5-10,12H2,1-2H3,(H,29,34)(H,28,30,31). The number of rotatable bonds is 5. The van der Waals surface area contributed by atoms with Crippen LogP contribution in [0.3, 0.4) is 0 Å². The lowest BCUT2D eigenvalue weighted by atomic mass is 10.1. The molecule has 0 aliphatic carbocycles. The van der Waals surface area contributed by atoms with Crippen LogP contribution in [-0.4, -0.2) is 70.4 Å².